The van der Waals surface area contributed by atoms with Crippen molar-refractivity contribution in [2.45, 2.75) is 57.8 Å². The molecule has 0 aromatic rings. The van der Waals surface area contributed by atoms with Crippen LogP contribution in [-0.2, 0) is 14.3 Å². The van der Waals surface area contributed by atoms with E-state index >= 15 is 0 Å². The van der Waals surface area contributed by atoms with Crippen molar-refractivity contribution < 1.29 is 14.3 Å². The summed E-state index contributed by atoms with van der Waals surface area (Å²) in [5, 5.41) is 3.27. The van der Waals surface area contributed by atoms with Crippen molar-refractivity contribution in [2.24, 2.45) is 5.92 Å². The molecule has 3 atom stereocenters. The lowest BCUT2D eigenvalue weighted by Gasteiger charge is -2.31. The fourth-order valence-electron chi connectivity index (χ4n) is 2.80. The Bertz CT molecular complexity index is 253. The molecule has 1 N–H and O–H groups in total. The quantitative estimate of drug-likeness (QED) is 0.760. The maximum absolute atomic E-state index is 11.8. The number of hydrogen-bond acceptors (Lipinski definition) is 4. The minimum absolute atomic E-state index is 0.0370. The molecule has 17 heavy (non-hydrogen) atoms. The van der Waals surface area contributed by atoms with Gasteiger partial charge in [-0.3, -0.25) is 4.79 Å². The molecule has 2 heterocycles. The second-order valence-electron chi connectivity index (χ2n) is 5.40. The first-order valence-electron chi connectivity index (χ1n) is 6.69. The Labute approximate surface area is 103 Å². The number of esters is 1. The van der Waals surface area contributed by atoms with Crippen molar-refractivity contribution in [3.63, 3.8) is 0 Å². The maximum Gasteiger partial charge on any atom is 0.306 e. The van der Waals surface area contributed by atoms with Gasteiger partial charge in [0.2, 0.25) is 0 Å². The predicted molar refractivity (Wildman–Crippen MR) is 64.7 cm³/mol. The molecule has 98 valence electrons. The number of carbonyl (C=O) groups excluding carboxylic acids is 1. The van der Waals surface area contributed by atoms with Crippen molar-refractivity contribution in [1.29, 1.82) is 0 Å². The SMILES string of the molecule is CC1CC(OC(=O)CC2CCNC2)CC(C)O1. The molecule has 2 aliphatic heterocycles. The first kappa shape index (κ1) is 12.8. The zero-order valence-electron chi connectivity index (χ0n) is 10.8. The Kier molecular flexibility index (Phi) is 4.40. The molecule has 0 bridgehead atoms. The van der Waals surface area contributed by atoms with Crippen LogP contribution >= 0.6 is 0 Å². The summed E-state index contributed by atoms with van der Waals surface area (Å²) in [6, 6.07) is 0. The maximum atomic E-state index is 11.8. The van der Waals surface area contributed by atoms with E-state index in [-0.39, 0.29) is 24.3 Å². The van der Waals surface area contributed by atoms with E-state index in [9.17, 15) is 4.79 Å². The van der Waals surface area contributed by atoms with Gasteiger partial charge in [-0.05, 0) is 39.3 Å². The summed E-state index contributed by atoms with van der Waals surface area (Å²) in [7, 11) is 0. The van der Waals surface area contributed by atoms with Gasteiger partial charge in [-0.25, -0.2) is 0 Å². The average molecular weight is 241 g/mol. The molecule has 0 saturated carbocycles. The monoisotopic (exact) mass is 241 g/mol. The highest BCUT2D eigenvalue weighted by atomic mass is 16.6. The molecule has 0 amide bonds. The summed E-state index contributed by atoms with van der Waals surface area (Å²) in [5.41, 5.74) is 0. The average Bonchev–Trinajstić information content (AvgIpc) is 2.67. The summed E-state index contributed by atoms with van der Waals surface area (Å²) in [5.74, 6) is 0.433. The minimum atomic E-state index is -0.0370. The van der Waals surface area contributed by atoms with Crippen LogP contribution in [0.2, 0.25) is 0 Å². The second kappa shape index (κ2) is 5.83. The zero-order chi connectivity index (χ0) is 12.3. The topological polar surface area (TPSA) is 47.6 Å². The van der Waals surface area contributed by atoms with E-state index in [1.54, 1.807) is 0 Å². The highest BCUT2D eigenvalue weighted by Crippen LogP contribution is 2.23. The molecule has 2 aliphatic rings. The molecule has 0 radical (unpaired) electrons. The van der Waals surface area contributed by atoms with Crippen molar-refractivity contribution in [1.82, 2.24) is 5.32 Å². The minimum Gasteiger partial charge on any atom is -0.462 e. The van der Waals surface area contributed by atoms with Crippen LogP contribution in [0.5, 0.6) is 0 Å². The molecule has 0 aromatic heterocycles. The van der Waals surface area contributed by atoms with E-state index in [0.29, 0.717) is 12.3 Å². The van der Waals surface area contributed by atoms with Gasteiger partial charge in [-0.2, -0.15) is 0 Å². The molecular formula is C13H23NO3. The number of carbonyl (C=O) groups is 1. The van der Waals surface area contributed by atoms with Crippen LogP contribution in [0.1, 0.15) is 39.5 Å². The normalized spacial score (nSPS) is 38.0. The third kappa shape index (κ3) is 3.96. The van der Waals surface area contributed by atoms with Gasteiger partial charge >= 0.3 is 5.97 Å². The molecule has 4 heteroatoms. The van der Waals surface area contributed by atoms with Crippen LogP contribution in [0.25, 0.3) is 0 Å². The molecule has 3 unspecified atom stereocenters. The van der Waals surface area contributed by atoms with Crippen molar-refractivity contribution in [3.05, 3.63) is 0 Å². The molecule has 0 spiro atoms. The molecular weight excluding hydrogens is 218 g/mol. The lowest BCUT2D eigenvalue weighted by molar-refractivity contribution is -0.160. The Morgan fingerprint density at radius 3 is 2.65 bits per heavy atom. The summed E-state index contributed by atoms with van der Waals surface area (Å²) in [4.78, 5) is 11.8. The molecule has 0 aliphatic carbocycles. The Balaban J connectivity index is 1.73. The number of hydrogen-bond donors (Lipinski definition) is 1. The fraction of sp³-hybridized carbons (Fsp3) is 0.923. The van der Waals surface area contributed by atoms with Gasteiger partial charge in [0.05, 0.1) is 12.2 Å². The molecule has 2 saturated heterocycles. The van der Waals surface area contributed by atoms with Gasteiger partial charge in [-0.1, -0.05) is 0 Å². The Hall–Kier alpha value is -0.610. The van der Waals surface area contributed by atoms with Gasteiger partial charge in [0, 0.05) is 19.3 Å². The van der Waals surface area contributed by atoms with Crippen LogP contribution < -0.4 is 5.32 Å². The zero-order valence-corrected chi connectivity index (χ0v) is 10.8. The lowest BCUT2D eigenvalue weighted by Crippen LogP contribution is -2.35. The van der Waals surface area contributed by atoms with Gasteiger partial charge in [0.15, 0.2) is 0 Å². The van der Waals surface area contributed by atoms with Gasteiger partial charge < -0.3 is 14.8 Å². The standard InChI is InChI=1S/C13H23NO3/c1-9-5-12(6-10(2)16-9)17-13(15)7-11-3-4-14-8-11/h9-12,14H,3-8H2,1-2H3. The summed E-state index contributed by atoms with van der Waals surface area (Å²) in [6.07, 6.45) is 3.77. The van der Waals surface area contributed by atoms with E-state index in [0.717, 1.165) is 32.4 Å². The van der Waals surface area contributed by atoms with Gasteiger partial charge in [-0.15, -0.1) is 0 Å². The predicted octanol–water partition coefficient (Wildman–Crippen LogP) is 1.49. The number of rotatable bonds is 3. The Morgan fingerprint density at radius 1 is 1.35 bits per heavy atom. The summed E-state index contributed by atoms with van der Waals surface area (Å²) < 4.78 is 11.2. The highest BCUT2D eigenvalue weighted by Gasteiger charge is 2.28. The van der Waals surface area contributed by atoms with E-state index in [1.807, 2.05) is 13.8 Å². The fourth-order valence-corrected chi connectivity index (χ4v) is 2.80. The third-order valence-corrected chi connectivity index (χ3v) is 3.57. The summed E-state index contributed by atoms with van der Waals surface area (Å²) >= 11 is 0. The molecule has 0 aromatic carbocycles. The van der Waals surface area contributed by atoms with Crippen LogP contribution in [0.15, 0.2) is 0 Å². The first-order valence-corrected chi connectivity index (χ1v) is 6.69. The molecule has 2 rings (SSSR count). The van der Waals surface area contributed by atoms with E-state index in [4.69, 9.17) is 9.47 Å². The highest BCUT2D eigenvalue weighted by molar-refractivity contribution is 5.70. The lowest BCUT2D eigenvalue weighted by atomic mass is 10.0. The largest absolute Gasteiger partial charge is 0.462 e. The van der Waals surface area contributed by atoms with Crippen LogP contribution in [0.4, 0.5) is 0 Å². The van der Waals surface area contributed by atoms with Gasteiger partial charge in [0.1, 0.15) is 6.10 Å². The third-order valence-electron chi connectivity index (χ3n) is 3.57. The Morgan fingerprint density at radius 2 is 2.06 bits per heavy atom. The van der Waals surface area contributed by atoms with Crippen molar-refractivity contribution >= 4 is 5.97 Å². The van der Waals surface area contributed by atoms with E-state index < -0.39 is 0 Å². The van der Waals surface area contributed by atoms with Crippen molar-refractivity contribution in [3.8, 4) is 0 Å². The van der Waals surface area contributed by atoms with Crippen LogP contribution in [0.3, 0.4) is 0 Å². The molecule has 2 fully saturated rings. The smallest absolute Gasteiger partial charge is 0.306 e. The number of ether oxygens (including phenoxy) is 2. The molecule has 4 nitrogen and oxygen atoms in total. The second-order valence-corrected chi connectivity index (χ2v) is 5.40. The van der Waals surface area contributed by atoms with Crippen molar-refractivity contribution in [2.75, 3.05) is 13.1 Å². The van der Waals surface area contributed by atoms with Crippen LogP contribution in [-0.4, -0.2) is 37.4 Å². The summed E-state index contributed by atoms with van der Waals surface area (Å²) in [6.45, 7) is 6.06. The number of nitrogens with one attached hydrogen (secondary N) is 1. The van der Waals surface area contributed by atoms with Gasteiger partial charge in [0.25, 0.3) is 0 Å². The first-order chi connectivity index (χ1) is 8.13. The van der Waals surface area contributed by atoms with E-state index in [2.05, 4.69) is 5.32 Å². The van der Waals surface area contributed by atoms with E-state index in [1.165, 1.54) is 0 Å². The van der Waals surface area contributed by atoms with Crippen LogP contribution in [0, 0.1) is 5.92 Å².